The van der Waals surface area contributed by atoms with Crippen molar-refractivity contribution in [2.75, 3.05) is 0 Å². The molecule has 4 aromatic heterocycles. The van der Waals surface area contributed by atoms with Gasteiger partial charge in [-0.3, -0.25) is 0 Å². The molecular formula is C51H30N4OS. The van der Waals surface area contributed by atoms with Crippen LogP contribution in [0.5, 0.6) is 0 Å². The molecule has 0 aliphatic rings. The van der Waals surface area contributed by atoms with E-state index in [-0.39, 0.29) is 0 Å². The first-order valence-electron chi connectivity index (χ1n) is 19.0. The Labute approximate surface area is 330 Å². The number of nitrogens with zero attached hydrogens (tertiary/aromatic N) is 4. The minimum atomic E-state index is 0.652. The predicted molar refractivity (Wildman–Crippen MR) is 236 cm³/mol. The minimum Gasteiger partial charge on any atom is -0.456 e. The van der Waals surface area contributed by atoms with Gasteiger partial charge in [0.25, 0.3) is 0 Å². The highest BCUT2D eigenvalue weighted by molar-refractivity contribution is 7.26. The fourth-order valence-electron chi connectivity index (χ4n) is 8.45. The van der Waals surface area contributed by atoms with E-state index in [1.54, 1.807) is 0 Å². The second-order valence-corrected chi connectivity index (χ2v) is 15.4. The molecule has 0 N–H and O–H groups in total. The van der Waals surface area contributed by atoms with Crippen molar-refractivity contribution in [2.45, 2.75) is 0 Å². The Morgan fingerprint density at radius 1 is 0.404 bits per heavy atom. The Hall–Kier alpha value is -7.41. The average Bonchev–Trinajstić information content (AvgIpc) is 3.96. The third-order valence-electron chi connectivity index (χ3n) is 11.1. The second kappa shape index (κ2) is 12.6. The number of aromatic nitrogens is 4. The summed E-state index contributed by atoms with van der Waals surface area (Å²) in [6.45, 7) is 0. The molecule has 4 heterocycles. The molecule has 0 saturated heterocycles. The summed E-state index contributed by atoms with van der Waals surface area (Å²) in [5, 5.41) is 7.12. The summed E-state index contributed by atoms with van der Waals surface area (Å²) in [6.07, 6.45) is 0. The third kappa shape index (κ3) is 5.04. The van der Waals surface area contributed by atoms with E-state index in [0.29, 0.717) is 17.5 Å². The first-order chi connectivity index (χ1) is 28.2. The molecule has 0 spiro atoms. The molecule has 12 rings (SSSR count). The zero-order valence-electron chi connectivity index (χ0n) is 30.4. The highest BCUT2D eigenvalue weighted by Gasteiger charge is 2.20. The van der Waals surface area contributed by atoms with Crippen molar-refractivity contribution in [2.24, 2.45) is 0 Å². The second-order valence-electron chi connectivity index (χ2n) is 14.4. The maximum absolute atomic E-state index is 6.54. The number of thiophene rings is 1. The molecule has 0 unspecified atom stereocenters. The number of benzene rings is 8. The number of hydrogen-bond donors (Lipinski definition) is 0. The zero-order valence-corrected chi connectivity index (χ0v) is 31.2. The monoisotopic (exact) mass is 746 g/mol. The van der Waals surface area contributed by atoms with Gasteiger partial charge in [0.2, 0.25) is 0 Å². The van der Waals surface area contributed by atoms with Crippen molar-refractivity contribution in [1.82, 2.24) is 19.5 Å². The van der Waals surface area contributed by atoms with Crippen LogP contribution >= 0.6 is 11.3 Å². The molecule has 0 aliphatic carbocycles. The number of furan rings is 1. The van der Waals surface area contributed by atoms with Crippen molar-refractivity contribution in [3.63, 3.8) is 0 Å². The van der Waals surface area contributed by atoms with E-state index >= 15 is 0 Å². The van der Waals surface area contributed by atoms with E-state index < -0.39 is 0 Å². The van der Waals surface area contributed by atoms with E-state index in [2.05, 4.69) is 126 Å². The van der Waals surface area contributed by atoms with Gasteiger partial charge in [-0.15, -0.1) is 11.3 Å². The van der Waals surface area contributed by atoms with Crippen LogP contribution in [0.25, 0.3) is 115 Å². The van der Waals surface area contributed by atoms with Crippen LogP contribution < -0.4 is 0 Å². The summed E-state index contributed by atoms with van der Waals surface area (Å²) in [5.74, 6) is 1.96. The first-order valence-corrected chi connectivity index (χ1v) is 19.8. The molecule has 266 valence electrons. The summed E-state index contributed by atoms with van der Waals surface area (Å²) in [6, 6.07) is 63.8. The van der Waals surface area contributed by atoms with Crippen LogP contribution in [-0.4, -0.2) is 19.5 Å². The molecule has 0 fully saturated rings. The van der Waals surface area contributed by atoms with Crippen LogP contribution in [0.15, 0.2) is 186 Å². The summed E-state index contributed by atoms with van der Waals surface area (Å²) in [4.78, 5) is 14.9. The average molecular weight is 747 g/mol. The Morgan fingerprint density at radius 2 is 1.00 bits per heavy atom. The Morgan fingerprint density at radius 3 is 1.70 bits per heavy atom. The van der Waals surface area contributed by atoms with Crippen LogP contribution in [0.4, 0.5) is 0 Å². The lowest BCUT2D eigenvalue weighted by Gasteiger charge is -2.10. The summed E-state index contributed by atoms with van der Waals surface area (Å²) >= 11 is 1.81. The van der Waals surface area contributed by atoms with Crippen LogP contribution in [0.1, 0.15) is 0 Å². The first kappa shape index (κ1) is 31.9. The van der Waals surface area contributed by atoms with Crippen molar-refractivity contribution in [1.29, 1.82) is 0 Å². The van der Waals surface area contributed by atoms with Crippen LogP contribution in [0.3, 0.4) is 0 Å². The van der Waals surface area contributed by atoms with Crippen molar-refractivity contribution >= 4 is 75.3 Å². The van der Waals surface area contributed by atoms with Crippen LogP contribution in [0, 0.1) is 0 Å². The zero-order chi connectivity index (χ0) is 37.5. The standard InChI is InChI=1S/C51H30N4OS/c1-3-13-31(14-4-1)49-52-50(32-15-5-2-6-16-32)54-51(53-49)34-25-27-38-39-20-11-19-35(48(39)57-46(38)30-34)33-26-28-44-40(29-33)47-43(23-12-24-45(47)56-44)55-41-21-9-7-17-36(41)37-18-8-10-22-42(37)55/h1-30H. The van der Waals surface area contributed by atoms with E-state index in [1.807, 2.05) is 72.0 Å². The fraction of sp³-hybridized carbons (Fsp3) is 0. The third-order valence-corrected chi connectivity index (χ3v) is 12.3. The van der Waals surface area contributed by atoms with Crippen molar-refractivity contribution in [3.8, 4) is 51.0 Å². The van der Waals surface area contributed by atoms with Crippen molar-refractivity contribution in [3.05, 3.63) is 182 Å². The Bertz CT molecular complexity index is 3420. The molecule has 0 atom stereocenters. The molecule has 0 saturated carbocycles. The predicted octanol–water partition coefficient (Wildman–Crippen LogP) is 13.9. The molecule has 6 heteroatoms. The van der Waals surface area contributed by atoms with Gasteiger partial charge in [0.1, 0.15) is 11.2 Å². The van der Waals surface area contributed by atoms with E-state index in [1.165, 1.54) is 47.5 Å². The van der Waals surface area contributed by atoms with Crippen LogP contribution in [-0.2, 0) is 0 Å². The lowest BCUT2D eigenvalue weighted by molar-refractivity contribution is 0.669. The van der Waals surface area contributed by atoms with Gasteiger partial charge in [0.15, 0.2) is 17.5 Å². The van der Waals surface area contributed by atoms with Gasteiger partial charge < -0.3 is 8.98 Å². The number of rotatable bonds is 5. The molecule has 0 aliphatic heterocycles. The molecule has 0 amide bonds. The van der Waals surface area contributed by atoms with Gasteiger partial charge in [0.05, 0.1) is 22.1 Å². The van der Waals surface area contributed by atoms with Gasteiger partial charge in [-0.2, -0.15) is 0 Å². The highest BCUT2D eigenvalue weighted by atomic mass is 32.1. The molecule has 0 radical (unpaired) electrons. The number of fused-ring (bicyclic) bond motifs is 9. The van der Waals surface area contributed by atoms with Gasteiger partial charge in [-0.25, -0.2) is 15.0 Å². The van der Waals surface area contributed by atoms with Crippen molar-refractivity contribution < 1.29 is 4.42 Å². The quantitative estimate of drug-likeness (QED) is 0.176. The SMILES string of the molecule is c1ccc(-c2nc(-c3ccccc3)nc(-c3ccc4c(c3)sc3c(-c5ccc6oc7cccc(-n8c9ccccc9c9ccccc98)c7c6c5)cccc34)n2)cc1. The molecule has 5 nitrogen and oxygen atoms in total. The van der Waals surface area contributed by atoms with E-state index in [0.717, 1.165) is 49.9 Å². The topological polar surface area (TPSA) is 56.7 Å². The van der Waals surface area contributed by atoms with E-state index in [4.69, 9.17) is 19.4 Å². The van der Waals surface area contributed by atoms with Crippen LogP contribution in [0.2, 0.25) is 0 Å². The molecular weight excluding hydrogens is 717 g/mol. The van der Waals surface area contributed by atoms with Gasteiger partial charge in [-0.05, 0) is 53.6 Å². The molecule has 8 aromatic carbocycles. The Kier molecular flexibility index (Phi) is 7.03. The molecule has 12 aromatic rings. The maximum atomic E-state index is 6.54. The Balaban J connectivity index is 1.02. The van der Waals surface area contributed by atoms with Gasteiger partial charge in [-0.1, -0.05) is 140 Å². The van der Waals surface area contributed by atoms with Gasteiger partial charge >= 0.3 is 0 Å². The summed E-state index contributed by atoms with van der Waals surface area (Å²) < 4.78 is 11.4. The van der Waals surface area contributed by atoms with E-state index in [9.17, 15) is 0 Å². The van der Waals surface area contributed by atoms with Gasteiger partial charge in [0, 0.05) is 53.0 Å². The highest BCUT2D eigenvalue weighted by Crippen LogP contribution is 2.44. The number of para-hydroxylation sites is 2. The lowest BCUT2D eigenvalue weighted by atomic mass is 10.00. The fourth-order valence-corrected chi connectivity index (χ4v) is 9.72. The number of hydrogen-bond acceptors (Lipinski definition) is 5. The minimum absolute atomic E-state index is 0.652. The summed E-state index contributed by atoms with van der Waals surface area (Å²) in [5.41, 5.74) is 10.4. The largest absolute Gasteiger partial charge is 0.456 e. The smallest absolute Gasteiger partial charge is 0.164 e. The normalized spacial score (nSPS) is 11.9. The summed E-state index contributed by atoms with van der Waals surface area (Å²) in [7, 11) is 0. The molecule has 57 heavy (non-hydrogen) atoms. The maximum Gasteiger partial charge on any atom is 0.164 e. The lowest BCUT2D eigenvalue weighted by Crippen LogP contribution is -1.99. The molecule has 0 bridgehead atoms.